The number of carbonyl (C=O) groups excluding carboxylic acids is 2. The van der Waals surface area contributed by atoms with E-state index in [1.165, 1.54) is 11.8 Å². The molecule has 0 aliphatic carbocycles. The van der Waals surface area contributed by atoms with Crippen molar-refractivity contribution in [2.75, 3.05) is 6.61 Å². The maximum atomic E-state index is 12.7. The van der Waals surface area contributed by atoms with Gasteiger partial charge in [-0.1, -0.05) is 41.6 Å². The van der Waals surface area contributed by atoms with Gasteiger partial charge in [-0.3, -0.25) is 9.69 Å². The summed E-state index contributed by atoms with van der Waals surface area (Å²) < 4.78 is 5.23. The van der Waals surface area contributed by atoms with Crippen molar-refractivity contribution in [2.24, 2.45) is 4.99 Å². The van der Waals surface area contributed by atoms with E-state index >= 15 is 0 Å². The van der Waals surface area contributed by atoms with Crippen LogP contribution in [0.5, 0.6) is 0 Å². The second-order valence-corrected chi connectivity index (χ2v) is 7.20. The summed E-state index contributed by atoms with van der Waals surface area (Å²) in [6.07, 6.45) is 0. The first kappa shape index (κ1) is 16.8. The molecule has 24 heavy (non-hydrogen) atoms. The van der Waals surface area contributed by atoms with Crippen LogP contribution in [0, 0.1) is 6.92 Å². The van der Waals surface area contributed by atoms with Gasteiger partial charge < -0.3 is 4.74 Å². The predicted octanol–water partition coefficient (Wildman–Crippen LogP) is 3.21. The third-order valence-corrected chi connectivity index (χ3v) is 5.20. The molecule has 0 saturated carbocycles. The largest absolute Gasteiger partial charge is 0.463 e. The average Bonchev–Trinajstić information content (AvgIpc) is 2.81. The minimum absolute atomic E-state index is 0.0291. The molecule has 0 aromatic heterocycles. The molecule has 126 valence electrons. The second-order valence-electron chi connectivity index (χ2n) is 5.90. The normalized spacial score (nSPS) is 23.2. The Bertz CT molecular complexity index is 752. The molecule has 3 rings (SSSR count). The fraction of sp³-hybridized carbons (Fsp3) is 0.389. The summed E-state index contributed by atoms with van der Waals surface area (Å²) in [7, 11) is 0. The van der Waals surface area contributed by atoms with Gasteiger partial charge in [-0.05, 0) is 33.3 Å². The van der Waals surface area contributed by atoms with Crippen LogP contribution in [0.2, 0.25) is 0 Å². The highest BCUT2D eigenvalue weighted by atomic mass is 32.2. The molecule has 0 spiro atoms. The summed E-state index contributed by atoms with van der Waals surface area (Å²) in [5, 5.41) is 0.453. The first-order chi connectivity index (χ1) is 11.4. The van der Waals surface area contributed by atoms with Crippen molar-refractivity contribution in [3.63, 3.8) is 0 Å². The summed E-state index contributed by atoms with van der Waals surface area (Å²) in [4.78, 5) is 31.3. The Labute approximate surface area is 145 Å². The molecule has 2 heterocycles. The van der Waals surface area contributed by atoms with Crippen LogP contribution in [0.25, 0.3) is 0 Å². The van der Waals surface area contributed by atoms with E-state index in [0.717, 1.165) is 11.1 Å². The molecular weight excluding hydrogens is 324 g/mol. The topological polar surface area (TPSA) is 59.0 Å². The molecular formula is C18H20N2O3S. The first-order valence-corrected chi connectivity index (χ1v) is 8.85. The van der Waals surface area contributed by atoms with Crippen molar-refractivity contribution in [3.05, 3.63) is 46.7 Å². The number of rotatable bonds is 3. The quantitative estimate of drug-likeness (QED) is 0.790. The summed E-state index contributed by atoms with van der Waals surface area (Å²) in [6, 6.07) is 7.39. The Kier molecular flexibility index (Phi) is 4.49. The molecule has 6 heteroatoms. The molecule has 2 aliphatic heterocycles. The van der Waals surface area contributed by atoms with Crippen LogP contribution in [-0.4, -0.2) is 33.8 Å². The van der Waals surface area contributed by atoms with Crippen LogP contribution in [0.4, 0.5) is 0 Å². The van der Waals surface area contributed by atoms with Crippen LogP contribution in [0.3, 0.4) is 0 Å². The van der Waals surface area contributed by atoms with E-state index in [0.29, 0.717) is 16.4 Å². The van der Waals surface area contributed by atoms with Gasteiger partial charge in [0.2, 0.25) is 5.91 Å². The van der Waals surface area contributed by atoms with Gasteiger partial charge in [-0.25, -0.2) is 9.79 Å². The van der Waals surface area contributed by atoms with Gasteiger partial charge in [0.05, 0.1) is 29.2 Å². The lowest BCUT2D eigenvalue weighted by molar-refractivity contribution is -0.139. The van der Waals surface area contributed by atoms with Crippen molar-refractivity contribution in [1.82, 2.24) is 4.90 Å². The number of fused-ring (bicyclic) bond motifs is 1. The van der Waals surface area contributed by atoms with Gasteiger partial charge in [-0.2, -0.15) is 0 Å². The van der Waals surface area contributed by atoms with Gasteiger partial charge in [0.25, 0.3) is 0 Å². The zero-order chi connectivity index (χ0) is 17.4. The Morgan fingerprint density at radius 3 is 2.58 bits per heavy atom. The number of aryl methyl sites for hydroxylation is 1. The summed E-state index contributed by atoms with van der Waals surface area (Å²) >= 11 is 1.43. The zero-order valence-electron chi connectivity index (χ0n) is 14.2. The lowest BCUT2D eigenvalue weighted by Gasteiger charge is -2.33. The minimum Gasteiger partial charge on any atom is -0.463 e. The number of carbonyl (C=O) groups is 2. The third-order valence-electron chi connectivity index (χ3n) is 4.15. The molecule has 1 aromatic rings. The molecule has 1 fully saturated rings. The highest BCUT2D eigenvalue weighted by Gasteiger charge is 2.46. The van der Waals surface area contributed by atoms with Crippen molar-refractivity contribution >= 4 is 28.8 Å². The van der Waals surface area contributed by atoms with Gasteiger partial charge in [0.1, 0.15) is 0 Å². The maximum Gasteiger partial charge on any atom is 0.338 e. The number of ether oxygens (including phenoxy) is 1. The van der Waals surface area contributed by atoms with Crippen molar-refractivity contribution in [3.8, 4) is 0 Å². The van der Waals surface area contributed by atoms with Crippen LogP contribution in [0.1, 0.15) is 37.9 Å². The van der Waals surface area contributed by atoms with E-state index in [1.54, 1.807) is 18.7 Å². The molecule has 2 unspecified atom stereocenters. The van der Waals surface area contributed by atoms with Crippen LogP contribution in [-0.2, 0) is 14.3 Å². The zero-order valence-corrected chi connectivity index (χ0v) is 15.0. The highest BCUT2D eigenvalue weighted by Crippen LogP contribution is 2.43. The standard InChI is InChI=1S/C18H20N2O3S/c1-5-23-17(22)14-11(3)19-18-20(16(21)12(4)24-18)15(14)13-8-6-10(2)7-9-13/h6-9,12,15H,5H2,1-4H3. The number of allylic oxidation sites excluding steroid dienone is 1. The molecule has 0 bridgehead atoms. The van der Waals surface area contributed by atoms with E-state index < -0.39 is 12.0 Å². The fourth-order valence-electron chi connectivity index (χ4n) is 2.94. The minimum atomic E-state index is -0.484. The van der Waals surface area contributed by atoms with E-state index in [1.807, 2.05) is 38.1 Å². The number of amidine groups is 1. The summed E-state index contributed by atoms with van der Waals surface area (Å²) in [5.74, 6) is -0.445. The number of hydrogen-bond donors (Lipinski definition) is 0. The van der Waals surface area contributed by atoms with Crippen LogP contribution in [0.15, 0.2) is 40.5 Å². The van der Waals surface area contributed by atoms with Crippen molar-refractivity contribution in [1.29, 1.82) is 0 Å². The molecule has 5 nitrogen and oxygen atoms in total. The third kappa shape index (κ3) is 2.75. The number of thioether (sulfide) groups is 1. The molecule has 1 saturated heterocycles. The number of esters is 1. The lowest BCUT2D eigenvalue weighted by Crippen LogP contribution is -2.40. The van der Waals surface area contributed by atoms with E-state index in [4.69, 9.17) is 4.74 Å². The number of amides is 1. The Morgan fingerprint density at radius 2 is 1.96 bits per heavy atom. The summed E-state index contributed by atoms with van der Waals surface area (Å²) in [5.41, 5.74) is 3.06. The molecule has 1 amide bonds. The van der Waals surface area contributed by atoms with E-state index in [9.17, 15) is 9.59 Å². The van der Waals surface area contributed by atoms with E-state index in [-0.39, 0.29) is 17.8 Å². The number of aliphatic imine (C=N–C) groups is 1. The predicted molar refractivity (Wildman–Crippen MR) is 94.6 cm³/mol. The average molecular weight is 344 g/mol. The van der Waals surface area contributed by atoms with Crippen molar-refractivity contribution in [2.45, 2.75) is 39.0 Å². The Hall–Kier alpha value is -2.08. The monoisotopic (exact) mass is 344 g/mol. The SMILES string of the molecule is CCOC(=O)C1=C(C)N=C2SC(C)C(=O)N2C1c1ccc(C)cc1. The van der Waals surface area contributed by atoms with Crippen LogP contribution < -0.4 is 0 Å². The second kappa shape index (κ2) is 6.43. The van der Waals surface area contributed by atoms with Gasteiger partial charge in [0, 0.05) is 0 Å². The summed E-state index contributed by atoms with van der Waals surface area (Å²) in [6.45, 7) is 7.71. The molecule has 1 aromatic carbocycles. The van der Waals surface area contributed by atoms with E-state index in [2.05, 4.69) is 4.99 Å². The maximum absolute atomic E-state index is 12.7. The lowest BCUT2D eigenvalue weighted by atomic mass is 9.93. The molecule has 0 N–H and O–H groups in total. The Morgan fingerprint density at radius 1 is 1.29 bits per heavy atom. The van der Waals surface area contributed by atoms with Gasteiger partial charge in [0.15, 0.2) is 5.17 Å². The number of nitrogens with zero attached hydrogens (tertiary/aromatic N) is 2. The van der Waals surface area contributed by atoms with Crippen LogP contribution >= 0.6 is 11.8 Å². The highest BCUT2D eigenvalue weighted by molar-refractivity contribution is 8.15. The smallest absolute Gasteiger partial charge is 0.338 e. The molecule has 0 radical (unpaired) electrons. The number of hydrogen-bond acceptors (Lipinski definition) is 5. The number of benzene rings is 1. The van der Waals surface area contributed by atoms with Gasteiger partial charge >= 0.3 is 5.97 Å². The van der Waals surface area contributed by atoms with Crippen molar-refractivity contribution < 1.29 is 14.3 Å². The molecule has 2 aliphatic rings. The first-order valence-electron chi connectivity index (χ1n) is 7.97. The van der Waals surface area contributed by atoms with Gasteiger partial charge in [-0.15, -0.1) is 0 Å². The molecule has 2 atom stereocenters. The Balaban J connectivity index is 2.14. The fourth-order valence-corrected chi connectivity index (χ4v) is 3.97.